The van der Waals surface area contributed by atoms with E-state index < -0.39 is 5.91 Å². The first-order chi connectivity index (χ1) is 10.2. The van der Waals surface area contributed by atoms with E-state index in [1.54, 1.807) is 18.2 Å². The van der Waals surface area contributed by atoms with E-state index in [4.69, 9.17) is 0 Å². The number of nitrogens with zero attached hydrogens (tertiary/aromatic N) is 1. The average Bonchev–Trinajstić information content (AvgIpc) is 2.81. The second-order valence-corrected chi connectivity index (χ2v) is 4.68. The summed E-state index contributed by atoms with van der Waals surface area (Å²) in [5, 5.41) is 13.5. The first-order valence-corrected chi connectivity index (χ1v) is 6.44. The Balaban J connectivity index is 1.86. The molecule has 0 aliphatic heterocycles. The van der Waals surface area contributed by atoms with Gasteiger partial charge in [0.05, 0.1) is 5.56 Å². The third-order valence-electron chi connectivity index (χ3n) is 3.31. The molecule has 1 aliphatic rings. The zero-order valence-electron chi connectivity index (χ0n) is 11.0. The zero-order valence-corrected chi connectivity index (χ0v) is 11.0. The molecule has 104 valence electrons. The Kier molecular flexibility index (Phi) is 3.23. The van der Waals surface area contributed by atoms with Gasteiger partial charge in [-0.15, -0.1) is 0 Å². The number of amides is 1. The summed E-state index contributed by atoms with van der Waals surface area (Å²) in [6.07, 6.45) is 0.293. The second kappa shape index (κ2) is 5.20. The Hall–Kier alpha value is -2.95. The first kappa shape index (κ1) is 13.1. The quantitative estimate of drug-likeness (QED) is 0.821. The topological polar surface area (TPSA) is 78.8 Å². The molecule has 0 saturated carbocycles. The van der Waals surface area contributed by atoms with Crippen LogP contribution in [-0.4, -0.2) is 22.5 Å². The van der Waals surface area contributed by atoms with E-state index in [0.717, 1.165) is 11.1 Å². The fraction of sp³-hybridized carbons (Fsp3) is 0.0625. The molecule has 0 atom stereocenters. The number of Topliss-reactive ketones (excluding diaryl/α,β-unsaturated/α-hetero) is 1. The highest BCUT2D eigenvalue weighted by atomic mass is 16.3. The summed E-state index contributed by atoms with van der Waals surface area (Å²) in [4.78, 5) is 23.9. The van der Waals surface area contributed by atoms with Crippen LogP contribution in [0.3, 0.4) is 0 Å². The van der Waals surface area contributed by atoms with Crippen molar-refractivity contribution in [2.45, 2.75) is 6.42 Å². The number of benzene rings is 2. The Morgan fingerprint density at radius 2 is 1.81 bits per heavy atom. The minimum atomic E-state index is -0.558. The molecular weight excluding hydrogens is 268 g/mol. The van der Waals surface area contributed by atoms with Gasteiger partial charge < -0.3 is 5.11 Å². The molecule has 0 heterocycles. The number of carbonyl (C=O) groups excluding carboxylic acids is 2. The van der Waals surface area contributed by atoms with Gasteiger partial charge >= 0.3 is 0 Å². The molecule has 3 rings (SSSR count). The van der Waals surface area contributed by atoms with E-state index in [2.05, 4.69) is 10.5 Å². The molecule has 0 saturated heterocycles. The van der Waals surface area contributed by atoms with E-state index >= 15 is 0 Å². The van der Waals surface area contributed by atoms with Gasteiger partial charge in [0.1, 0.15) is 11.5 Å². The number of aromatic hydroxyl groups is 1. The Bertz CT molecular complexity index is 766. The smallest absolute Gasteiger partial charge is 0.275 e. The molecule has 1 amide bonds. The van der Waals surface area contributed by atoms with Crippen LogP contribution >= 0.6 is 0 Å². The fourth-order valence-electron chi connectivity index (χ4n) is 2.27. The van der Waals surface area contributed by atoms with E-state index in [9.17, 15) is 14.7 Å². The summed E-state index contributed by atoms with van der Waals surface area (Å²) in [7, 11) is 0. The van der Waals surface area contributed by atoms with Crippen LogP contribution in [0.1, 0.15) is 21.5 Å². The van der Waals surface area contributed by atoms with Crippen molar-refractivity contribution in [3.05, 3.63) is 65.2 Å². The number of ketones is 1. The van der Waals surface area contributed by atoms with Crippen molar-refractivity contribution in [2.75, 3.05) is 0 Å². The molecule has 1 aliphatic carbocycles. The summed E-state index contributed by atoms with van der Waals surface area (Å²) in [6.45, 7) is 0. The second-order valence-electron chi connectivity index (χ2n) is 4.68. The number of fused-ring (bicyclic) bond motifs is 1. The van der Waals surface area contributed by atoms with Gasteiger partial charge in [0.2, 0.25) is 0 Å². The van der Waals surface area contributed by atoms with Gasteiger partial charge in [-0.1, -0.05) is 36.4 Å². The van der Waals surface area contributed by atoms with E-state index in [0.29, 0.717) is 6.42 Å². The number of phenols is 1. The summed E-state index contributed by atoms with van der Waals surface area (Å²) in [6, 6.07) is 13.5. The maximum atomic E-state index is 12.0. The predicted molar refractivity (Wildman–Crippen MR) is 77.3 cm³/mol. The number of para-hydroxylation sites is 1. The molecule has 2 aromatic rings. The normalized spacial score (nSPS) is 15.0. The molecule has 5 heteroatoms. The lowest BCUT2D eigenvalue weighted by Gasteiger charge is -2.03. The molecule has 2 N–H and O–H groups in total. The minimum absolute atomic E-state index is 0.112. The molecule has 0 fully saturated rings. The van der Waals surface area contributed by atoms with Gasteiger partial charge in [-0.2, -0.15) is 5.10 Å². The molecule has 0 aromatic heterocycles. The average molecular weight is 280 g/mol. The summed E-state index contributed by atoms with van der Waals surface area (Å²) in [5.74, 6) is -0.820. The van der Waals surface area contributed by atoms with Crippen LogP contribution in [-0.2, 0) is 11.2 Å². The number of phenolic OH excluding ortho intramolecular Hbond substituents is 1. The standard InChI is InChI=1S/C16H12N2O3/c19-13-8-4-3-7-12(13)16(21)18-17-15-11-6-2-1-5-10(11)9-14(15)20/h1-8,19H,9H2,(H,18,21)/b17-15+. The summed E-state index contributed by atoms with van der Waals surface area (Å²) < 4.78 is 0. The maximum Gasteiger partial charge on any atom is 0.275 e. The molecular formula is C16H12N2O3. The van der Waals surface area contributed by atoms with Crippen LogP contribution in [0.2, 0.25) is 0 Å². The largest absolute Gasteiger partial charge is 0.507 e. The molecule has 5 nitrogen and oxygen atoms in total. The van der Waals surface area contributed by atoms with Gasteiger partial charge in [0, 0.05) is 12.0 Å². The van der Waals surface area contributed by atoms with E-state index in [1.165, 1.54) is 12.1 Å². The van der Waals surface area contributed by atoms with Crippen molar-refractivity contribution < 1.29 is 14.7 Å². The maximum absolute atomic E-state index is 12.0. The van der Waals surface area contributed by atoms with E-state index in [-0.39, 0.29) is 22.8 Å². The SMILES string of the molecule is O=C1Cc2ccccc2/C1=N\NC(=O)c1ccccc1O. The number of carbonyl (C=O) groups is 2. The molecule has 0 radical (unpaired) electrons. The Morgan fingerprint density at radius 1 is 1.10 bits per heavy atom. The lowest BCUT2D eigenvalue weighted by Crippen LogP contribution is -2.22. The van der Waals surface area contributed by atoms with Gasteiger partial charge in [0.15, 0.2) is 5.78 Å². The van der Waals surface area contributed by atoms with Crippen LogP contribution in [0.15, 0.2) is 53.6 Å². The number of hydrogen-bond acceptors (Lipinski definition) is 4. The molecule has 21 heavy (non-hydrogen) atoms. The van der Waals surface area contributed by atoms with Crippen LogP contribution in [0.5, 0.6) is 5.75 Å². The van der Waals surface area contributed by atoms with Crippen molar-refractivity contribution in [3.63, 3.8) is 0 Å². The zero-order chi connectivity index (χ0) is 14.8. The fourth-order valence-corrected chi connectivity index (χ4v) is 2.27. The molecule has 0 spiro atoms. The van der Waals surface area contributed by atoms with Crippen molar-refractivity contribution in [3.8, 4) is 5.75 Å². The van der Waals surface area contributed by atoms with Crippen molar-refractivity contribution >= 4 is 17.4 Å². The molecule has 2 aromatic carbocycles. The minimum Gasteiger partial charge on any atom is -0.507 e. The van der Waals surface area contributed by atoms with Crippen LogP contribution in [0.4, 0.5) is 0 Å². The monoisotopic (exact) mass is 280 g/mol. The van der Waals surface area contributed by atoms with Crippen molar-refractivity contribution in [1.29, 1.82) is 0 Å². The Morgan fingerprint density at radius 3 is 2.62 bits per heavy atom. The van der Waals surface area contributed by atoms with Crippen molar-refractivity contribution in [1.82, 2.24) is 5.43 Å². The van der Waals surface area contributed by atoms with Crippen LogP contribution in [0.25, 0.3) is 0 Å². The molecule has 0 unspecified atom stereocenters. The van der Waals surface area contributed by atoms with Gasteiger partial charge in [0.25, 0.3) is 5.91 Å². The molecule has 0 bridgehead atoms. The highest BCUT2D eigenvalue weighted by Gasteiger charge is 2.26. The van der Waals surface area contributed by atoms with E-state index in [1.807, 2.05) is 18.2 Å². The third kappa shape index (κ3) is 2.41. The Labute approximate surface area is 120 Å². The number of rotatable bonds is 2. The highest BCUT2D eigenvalue weighted by molar-refractivity contribution is 6.49. The summed E-state index contributed by atoms with van der Waals surface area (Å²) >= 11 is 0. The first-order valence-electron chi connectivity index (χ1n) is 6.44. The number of nitrogens with one attached hydrogen (secondary N) is 1. The highest BCUT2D eigenvalue weighted by Crippen LogP contribution is 2.20. The lowest BCUT2D eigenvalue weighted by atomic mass is 10.1. The van der Waals surface area contributed by atoms with Crippen LogP contribution < -0.4 is 5.43 Å². The third-order valence-corrected chi connectivity index (χ3v) is 3.31. The predicted octanol–water partition coefficient (Wildman–Crippen LogP) is 1.65. The lowest BCUT2D eigenvalue weighted by molar-refractivity contribution is -0.112. The van der Waals surface area contributed by atoms with Gasteiger partial charge in [-0.25, -0.2) is 5.43 Å². The van der Waals surface area contributed by atoms with Gasteiger partial charge in [-0.05, 0) is 17.7 Å². The van der Waals surface area contributed by atoms with Crippen LogP contribution in [0, 0.1) is 0 Å². The van der Waals surface area contributed by atoms with Crippen molar-refractivity contribution in [2.24, 2.45) is 5.10 Å². The number of hydrogen-bond donors (Lipinski definition) is 2. The van der Waals surface area contributed by atoms with Gasteiger partial charge in [-0.3, -0.25) is 9.59 Å². The summed E-state index contributed by atoms with van der Waals surface area (Å²) in [5.41, 5.74) is 4.31. The number of hydrazone groups is 1.